The number of hydrogen-bond donors (Lipinski definition) is 6. The van der Waals surface area contributed by atoms with Gasteiger partial charge in [-0.2, -0.15) is 0 Å². The van der Waals surface area contributed by atoms with Crippen LogP contribution in [0, 0.1) is 0 Å². The van der Waals surface area contributed by atoms with Crippen LogP contribution in [-0.2, 0) is 33.5 Å². The topological polar surface area (TPSA) is 222 Å². The number of carboxylic acid groups (broad SMARTS) is 3. The molecule has 0 bridgehead atoms. The molecule has 0 spiro atoms. The normalized spacial score (nSPS) is 13.3. The summed E-state index contributed by atoms with van der Waals surface area (Å²) < 4.78 is 4.93. The van der Waals surface area contributed by atoms with E-state index in [0.717, 1.165) is 6.42 Å². The summed E-state index contributed by atoms with van der Waals surface area (Å²) in [6.45, 7) is 1.32. The zero-order chi connectivity index (χ0) is 24.7. The predicted octanol–water partition coefficient (Wildman–Crippen LogP) is -1.22. The van der Waals surface area contributed by atoms with Gasteiger partial charge in [-0.1, -0.05) is 13.3 Å². The van der Waals surface area contributed by atoms with E-state index in [2.05, 4.69) is 10.6 Å². The fourth-order valence-corrected chi connectivity index (χ4v) is 3.17. The summed E-state index contributed by atoms with van der Waals surface area (Å²) in [6.07, 6.45) is 0.412. The number of aliphatic carboxylic acids is 3. The van der Waals surface area contributed by atoms with Gasteiger partial charge >= 0.3 is 23.9 Å². The summed E-state index contributed by atoms with van der Waals surface area (Å²) in [5, 5.41) is 29.9. The van der Waals surface area contributed by atoms with Gasteiger partial charge in [-0.15, -0.1) is 11.8 Å². The molecule has 0 radical (unpaired) electrons. The zero-order valence-electron chi connectivity index (χ0n) is 17.6. The highest BCUT2D eigenvalue weighted by atomic mass is 32.2. The molecule has 0 heterocycles. The second-order valence-electron chi connectivity index (χ2n) is 6.65. The fraction of sp³-hybridized carbons (Fsp3) is 0.667. The number of thioether (sulfide) groups is 1. The van der Waals surface area contributed by atoms with Crippen LogP contribution >= 0.6 is 11.8 Å². The molecule has 0 rings (SSSR count). The molecular formula is C18H29N3O10S. The van der Waals surface area contributed by atoms with Gasteiger partial charge in [0.25, 0.3) is 0 Å². The fourth-order valence-electron chi connectivity index (χ4n) is 2.12. The molecule has 13 nitrogen and oxygen atoms in total. The molecule has 2 amide bonds. The maximum absolute atomic E-state index is 12.2. The number of nitrogens with two attached hydrogens (primary N) is 1. The number of amides is 2. The monoisotopic (exact) mass is 479 g/mol. The third-order valence-corrected chi connectivity index (χ3v) is 5.21. The molecule has 0 saturated heterocycles. The van der Waals surface area contributed by atoms with Crippen molar-refractivity contribution >= 4 is 47.5 Å². The van der Waals surface area contributed by atoms with E-state index in [1.54, 1.807) is 0 Å². The van der Waals surface area contributed by atoms with Gasteiger partial charge in [-0.25, -0.2) is 0 Å². The van der Waals surface area contributed by atoms with E-state index in [-0.39, 0.29) is 25.2 Å². The van der Waals surface area contributed by atoms with Gasteiger partial charge in [0.15, 0.2) is 0 Å². The first-order valence-corrected chi connectivity index (χ1v) is 10.8. The molecule has 14 heteroatoms. The SMILES string of the molecule is CCCCOC(=O)CC(SC[C@H](NC(=O)CC[C@H](N)C(=O)O)C(=O)NCC(=O)O)C(=O)O. The number of esters is 1. The Balaban J connectivity index is 5.03. The summed E-state index contributed by atoms with van der Waals surface area (Å²) in [4.78, 5) is 69.0. The van der Waals surface area contributed by atoms with E-state index >= 15 is 0 Å². The summed E-state index contributed by atoms with van der Waals surface area (Å²) >= 11 is 0.697. The van der Waals surface area contributed by atoms with Crippen LogP contribution < -0.4 is 16.4 Å². The number of rotatable bonds is 17. The largest absolute Gasteiger partial charge is 0.480 e. The van der Waals surface area contributed by atoms with Crippen molar-refractivity contribution in [1.29, 1.82) is 0 Å². The Morgan fingerprint density at radius 2 is 1.72 bits per heavy atom. The predicted molar refractivity (Wildman–Crippen MR) is 112 cm³/mol. The van der Waals surface area contributed by atoms with E-state index in [0.29, 0.717) is 18.2 Å². The van der Waals surface area contributed by atoms with Crippen molar-refractivity contribution < 1.29 is 48.8 Å². The van der Waals surface area contributed by atoms with Crippen molar-refractivity contribution in [1.82, 2.24) is 10.6 Å². The van der Waals surface area contributed by atoms with E-state index in [9.17, 15) is 33.9 Å². The molecule has 3 atom stereocenters. The number of unbranched alkanes of at least 4 members (excludes halogenated alkanes) is 1. The van der Waals surface area contributed by atoms with Gasteiger partial charge in [-0.3, -0.25) is 28.8 Å². The van der Waals surface area contributed by atoms with Crippen LogP contribution in [0.25, 0.3) is 0 Å². The number of nitrogens with one attached hydrogen (secondary N) is 2. The molecule has 0 aliphatic rings. The molecule has 0 aromatic heterocycles. The Hall–Kier alpha value is -2.87. The summed E-state index contributed by atoms with van der Waals surface area (Å²) in [5.74, 6) is -6.60. The van der Waals surface area contributed by atoms with Crippen molar-refractivity contribution in [3.8, 4) is 0 Å². The number of hydrogen-bond acceptors (Lipinski definition) is 9. The standard InChI is InChI=1S/C18H29N3O10S/c1-2-3-6-31-15(25)7-12(18(29)30)32-9-11(16(26)20-8-14(23)24)21-13(22)5-4-10(19)17(27)28/h10-12H,2-9,19H2,1H3,(H,20,26)(H,21,22)(H,23,24)(H,27,28)(H,29,30)/t10-,11-,12?/m0/s1. The average Bonchev–Trinajstić information content (AvgIpc) is 2.71. The average molecular weight is 480 g/mol. The lowest BCUT2D eigenvalue weighted by Gasteiger charge is -2.20. The third-order valence-electron chi connectivity index (χ3n) is 3.92. The van der Waals surface area contributed by atoms with E-state index in [1.807, 2.05) is 6.92 Å². The highest BCUT2D eigenvalue weighted by Gasteiger charge is 2.28. The van der Waals surface area contributed by atoms with E-state index in [4.69, 9.17) is 20.7 Å². The van der Waals surface area contributed by atoms with Crippen LogP contribution in [0.3, 0.4) is 0 Å². The first kappa shape index (κ1) is 29.1. The number of ether oxygens (including phenoxy) is 1. The molecule has 7 N–H and O–H groups in total. The molecule has 32 heavy (non-hydrogen) atoms. The Bertz CT molecular complexity index is 688. The van der Waals surface area contributed by atoms with Crippen molar-refractivity contribution in [2.24, 2.45) is 5.73 Å². The minimum Gasteiger partial charge on any atom is -0.480 e. The number of carbonyl (C=O) groups is 6. The van der Waals surface area contributed by atoms with Crippen LogP contribution in [0.1, 0.15) is 39.0 Å². The quantitative estimate of drug-likeness (QED) is 0.107. The second kappa shape index (κ2) is 15.9. The lowest BCUT2D eigenvalue weighted by Crippen LogP contribution is -2.50. The van der Waals surface area contributed by atoms with Crippen molar-refractivity contribution in [3.05, 3.63) is 0 Å². The summed E-state index contributed by atoms with van der Waals surface area (Å²) in [6, 6.07) is -2.62. The molecule has 0 fully saturated rings. The Kier molecular flexibility index (Phi) is 14.4. The van der Waals surface area contributed by atoms with Gasteiger partial charge in [0.05, 0.1) is 13.0 Å². The minimum absolute atomic E-state index is 0.154. The van der Waals surface area contributed by atoms with Crippen LogP contribution in [-0.4, -0.2) is 87.2 Å². The van der Waals surface area contributed by atoms with Gasteiger partial charge in [0, 0.05) is 12.2 Å². The van der Waals surface area contributed by atoms with Gasteiger partial charge in [0.2, 0.25) is 11.8 Å². The van der Waals surface area contributed by atoms with Crippen LogP contribution in [0.4, 0.5) is 0 Å². The lowest BCUT2D eigenvalue weighted by molar-refractivity contribution is -0.147. The maximum Gasteiger partial charge on any atom is 0.322 e. The molecule has 0 aromatic rings. The molecule has 0 aliphatic heterocycles. The van der Waals surface area contributed by atoms with Crippen molar-refractivity contribution in [2.75, 3.05) is 18.9 Å². The smallest absolute Gasteiger partial charge is 0.322 e. The van der Waals surface area contributed by atoms with Gasteiger partial charge in [0.1, 0.15) is 23.9 Å². The first-order valence-electron chi connectivity index (χ1n) is 9.75. The molecule has 1 unspecified atom stereocenters. The molecular weight excluding hydrogens is 450 g/mol. The van der Waals surface area contributed by atoms with Crippen LogP contribution in [0.2, 0.25) is 0 Å². The van der Waals surface area contributed by atoms with Gasteiger partial charge in [-0.05, 0) is 12.8 Å². The van der Waals surface area contributed by atoms with E-state index < -0.39 is 66.0 Å². The first-order chi connectivity index (χ1) is 15.0. The summed E-state index contributed by atoms with van der Waals surface area (Å²) in [5.41, 5.74) is 5.32. The lowest BCUT2D eigenvalue weighted by atomic mass is 10.1. The van der Waals surface area contributed by atoms with Crippen molar-refractivity contribution in [2.45, 2.75) is 56.4 Å². The highest BCUT2D eigenvalue weighted by Crippen LogP contribution is 2.18. The Morgan fingerprint density at radius 1 is 1.06 bits per heavy atom. The van der Waals surface area contributed by atoms with E-state index in [1.165, 1.54) is 0 Å². The third kappa shape index (κ3) is 13.4. The Morgan fingerprint density at radius 3 is 2.25 bits per heavy atom. The van der Waals surface area contributed by atoms with Gasteiger partial charge < -0.3 is 36.4 Å². The van der Waals surface area contributed by atoms with Crippen LogP contribution in [0.5, 0.6) is 0 Å². The highest BCUT2D eigenvalue weighted by molar-refractivity contribution is 8.00. The second-order valence-corrected chi connectivity index (χ2v) is 7.89. The number of carbonyl (C=O) groups excluding carboxylic acids is 3. The summed E-state index contributed by atoms with van der Waals surface area (Å²) in [7, 11) is 0. The zero-order valence-corrected chi connectivity index (χ0v) is 18.4. The molecule has 0 aliphatic carbocycles. The van der Waals surface area contributed by atoms with Crippen LogP contribution in [0.15, 0.2) is 0 Å². The maximum atomic E-state index is 12.2. The molecule has 0 aromatic carbocycles. The number of carboxylic acids is 3. The molecule has 0 saturated carbocycles. The minimum atomic E-state index is -1.33. The van der Waals surface area contributed by atoms with Crippen molar-refractivity contribution in [3.63, 3.8) is 0 Å². The Labute approximate surface area is 188 Å². The molecule has 182 valence electrons.